The zero-order chi connectivity index (χ0) is 19.0. The van der Waals surface area contributed by atoms with E-state index in [4.69, 9.17) is 4.74 Å². The van der Waals surface area contributed by atoms with Crippen LogP contribution < -0.4 is 4.74 Å². The molecule has 0 radical (unpaired) electrons. The van der Waals surface area contributed by atoms with Gasteiger partial charge in [-0.15, -0.1) is 0 Å². The van der Waals surface area contributed by atoms with Gasteiger partial charge in [-0.1, -0.05) is 6.92 Å². The summed E-state index contributed by atoms with van der Waals surface area (Å²) in [5, 5.41) is 14.5. The van der Waals surface area contributed by atoms with Crippen LogP contribution in [0.2, 0.25) is 0 Å². The summed E-state index contributed by atoms with van der Waals surface area (Å²) in [6.45, 7) is 4.82. The number of nitrogens with one attached hydrogen (secondary N) is 2. The summed E-state index contributed by atoms with van der Waals surface area (Å²) >= 11 is 0. The zero-order valence-electron chi connectivity index (χ0n) is 15.5. The van der Waals surface area contributed by atoms with E-state index >= 15 is 0 Å². The summed E-state index contributed by atoms with van der Waals surface area (Å²) < 4.78 is 5.30. The van der Waals surface area contributed by atoms with Crippen LogP contribution >= 0.6 is 0 Å². The average molecular weight is 367 g/mol. The van der Waals surface area contributed by atoms with Crippen molar-refractivity contribution >= 4 is 5.91 Å². The summed E-state index contributed by atoms with van der Waals surface area (Å²) in [5.74, 6) is 1.83. The fourth-order valence-corrected chi connectivity index (χ4v) is 3.42. The summed E-state index contributed by atoms with van der Waals surface area (Å²) in [6, 6.07) is 0. The fraction of sp³-hybridized carbons (Fsp3) is 0.389. The van der Waals surface area contributed by atoms with E-state index in [2.05, 4.69) is 30.4 Å². The molecule has 9 nitrogen and oxygen atoms in total. The van der Waals surface area contributed by atoms with Gasteiger partial charge in [0.05, 0.1) is 36.7 Å². The molecule has 27 heavy (non-hydrogen) atoms. The molecule has 4 heterocycles. The van der Waals surface area contributed by atoms with Crippen LogP contribution in [0.15, 0.2) is 18.6 Å². The van der Waals surface area contributed by atoms with E-state index in [1.165, 1.54) is 0 Å². The molecule has 1 aliphatic heterocycles. The number of carbonyl (C=O) groups is 1. The van der Waals surface area contributed by atoms with Gasteiger partial charge in [0.1, 0.15) is 11.6 Å². The monoisotopic (exact) mass is 367 g/mol. The van der Waals surface area contributed by atoms with Gasteiger partial charge in [-0.05, 0) is 6.92 Å². The first-order valence-corrected chi connectivity index (χ1v) is 8.83. The highest BCUT2D eigenvalue weighted by atomic mass is 16.5. The Hall–Kier alpha value is -3.23. The number of hydrogen-bond donors (Lipinski definition) is 2. The number of rotatable bonds is 4. The van der Waals surface area contributed by atoms with Crippen molar-refractivity contribution in [3.8, 4) is 5.75 Å². The van der Waals surface area contributed by atoms with Crippen molar-refractivity contribution in [3.05, 3.63) is 52.6 Å². The average Bonchev–Trinajstić information content (AvgIpc) is 3.36. The van der Waals surface area contributed by atoms with Crippen LogP contribution in [0.4, 0.5) is 0 Å². The Labute approximate surface area is 156 Å². The summed E-state index contributed by atoms with van der Waals surface area (Å²) in [4.78, 5) is 23.7. The number of hydrogen-bond acceptors (Lipinski definition) is 6. The Balaban J connectivity index is 1.68. The summed E-state index contributed by atoms with van der Waals surface area (Å²) in [7, 11) is 1.57. The molecule has 3 aromatic rings. The lowest BCUT2D eigenvalue weighted by molar-refractivity contribution is 0.0721. The summed E-state index contributed by atoms with van der Waals surface area (Å²) in [5.41, 5.74) is 3.24. The van der Waals surface area contributed by atoms with Gasteiger partial charge in [0.25, 0.3) is 5.91 Å². The highest BCUT2D eigenvalue weighted by Crippen LogP contribution is 2.32. The molecule has 3 aromatic heterocycles. The third-order valence-electron chi connectivity index (χ3n) is 4.97. The molecule has 0 aliphatic carbocycles. The second-order valence-corrected chi connectivity index (χ2v) is 6.56. The van der Waals surface area contributed by atoms with Gasteiger partial charge in [-0.3, -0.25) is 20.0 Å². The number of ether oxygens (including phenoxy) is 1. The number of aromatic nitrogens is 6. The zero-order valence-corrected chi connectivity index (χ0v) is 15.5. The van der Waals surface area contributed by atoms with Crippen LogP contribution in [0.1, 0.15) is 51.7 Å². The van der Waals surface area contributed by atoms with Crippen LogP contribution in [0, 0.1) is 6.92 Å². The lowest BCUT2D eigenvalue weighted by Gasteiger charge is -2.31. The molecule has 1 atom stereocenters. The smallest absolute Gasteiger partial charge is 0.256 e. The molecule has 0 fully saturated rings. The molecule has 4 rings (SSSR count). The number of H-pyrrole nitrogens is 2. The Morgan fingerprint density at radius 3 is 2.93 bits per heavy atom. The number of carbonyl (C=O) groups excluding carboxylic acids is 1. The third-order valence-corrected chi connectivity index (χ3v) is 4.97. The topological polar surface area (TPSA) is 113 Å². The van der Waals surface area contributed by atoms with Gasteiger partial charge < -0.3 is 9.64 Å². The molecule has 0 saturated heterocycles. The lowest BCUT2D eigenvalue weighted by Crippen LogP contribution is -2.39. The molecule has 2 N–H and O–H groups in total. The highest BCUT2D eigenvalue weighted by molar-refractivity contribution is 5.96. The second-order valence-electron chi connectivity index (χ2n) is 6.56. The van der Waals surface area contributed by atoms with Crippen molar-refractivity contribution in [2.45, 2.75) is 32.7 Å². The van der Waals surface area contributed by atoms with Crippen molar-refractivity contribution in [1.29, 1.82) is 0 Å². The van der Waals surface area contributed by atoms with Gasteiger partial charge in [0, 0.05) is 36.8 Å². The molecule has 1 unspecified atom stereocenters. The maximum absolute atomic E-state index is 13.2. The first kappa shape index (κ1) is 17.2. The van der Waals surface area contributed by atoms with E-state index in [1.54, 1.807) is 30.6 Å². The molecular weight excluding hydrogens is 346 g/mol. The third kappa shape index (κ3) is 2.94. The van der Waals surface area contributed by atoms with E-state index in [1.807, 2.05) is 13.8 Å². The molecule has 0 spiro atoms. The number of aromatic amines is 2. The largest absolute Gasteiger partial charge is 0.495 e. The quantitative estimate of drug-likeness (QED) is 0.724. The Morgan fingerprint density at radius 2 is 2.19 bits per heavy atom. The minimum atomic E-state index is -0.157. The highest BCUT2D eigenvalue weighted by Gasteiger charge is 2.34. The molecule has 0 saturated carbocycles. The van der Waals surface area contributed by atoms with Crippen LogP contribution in [0.25, 0.3) is 0 Å². The van der Waals surface area contributed by atoms with Gasteiger partial charge >= 0.3 is 0 Å². The predicted octanol–water partition coefficient (Wildman–Crippen LogP) is 1.59. The van der Waals surface area contributed by atoms with Crippen LogP contribution in [-0.2, 0) is 13.0 Å². The summed E-state index contributed by atoms with van der Waals surface area (Å²) in [6.07, 6.45) is 5.72. The molecule has 0 aromatic carbocycles. The van der Waals surface area contributed by atoms with Crippen molar-refractivity contribution in [2.75, 3.05) is 13.7 Å². The number of pyridine rings is 1. The lowest BCUT2D eigenvalue weighted by atomic mass is 9.95. The Bertz CT molecular complexity index is 978. The van der Waals surface area contributed by atoms with E-state index < -0.39 is 0 Å². The van der Waals surface area contributed by atoms with Crippen LogP contribution in [0.3, 0.4) is 0 Å². The van der Waals surface area contributed by atoms with Crippen LogP contribution in [0.5, 0.6) is 5.75 Å². The van der Waals surface area contributed by atoms with Gasteiger partial charge in [-0.25, -0.2) is 4.98 Å². The second kappa shape index (κ2) is 6.82. The molecule has 1 amide bonds. The SMILES string of the molecule is CCc1nc(C2CN(C(=O)c3cncc(OC)c3C)Cc3cn[nH]c32)n[nH]1. The molecule has 0 bridgehead atoms. The molecule has 1 aliphatic rings. The van der Waals surface area contributed by atoms with E-state index in [9.17, 15) is 4.79 Å². The van der Waals surface area contributed by atoms with Crippen LogP contribution in [-0.4, -0.2) is 54.8 Å². The van der Waals surface area contributed by atoms with Crippen molar-refractivity contribution in [1.82, 2.24) is 35.3 Å². The van der Waals surface area contributed by atoms with Crippen molar-refractivity contribution in [3.63, 3.8) is 0 Å². The molecule has 140 valence electrons. The number of methoxy groups -OCH3 is 1. The fourth-order valence-electron chi connectivity index (χ4n) is 3.42. The van der Waals surface area contributed by atoms with E-state index in [0.29, 0.717) is 30.2 Å². The van der Waals surface area contributed by atoms with Gasteiger partial charge in [0.15, 0.2) is 5.82 Å². The number of fused-ring (bicyclic) bond motifs is 1. The minimum absolute atomic E-state index is 0.0954. The van der Waals surface area contributed by atoms with Gasteiger partial charge in [0.2, 0.25) is 0 Å². The maximum atomic E-state index is 13.2. The first-order valence-electron chi connectivity index (χ1n) is 8.83. The normalized spacial score (nSPS) is 16.3. The molecular formula is C18H21N7O2. The minimum Gasteiger partial charge on any atom is -0.495 e. The molecule has 9 heteroatoms. The predicted molar refractivity (Wildman–Crippen MR) is 96.5 cm³/mol. The van der Waals surface area contributed by atoms with Crippen molar-refractivity contribution < 1.29 is 9.53 Å². The number of aryl methyl sites for hydroxylation is 1. The first-order chi connectivity index (χ1) is 13.1. The number of nitrogens with zero attached hydrogens (tertiary/aromatic N) is 5. The van der Waals surface area contributed by atoms with E-state index in [-0.39, 0.29) is 11.8 Å². The Morgan fingerprint density at radius 1 is 1.33 bits per heavy atom. The standard InChI is InChI=1S/C18H21N7O2/c1-4-15-21-17(24-22-15)13-9-25(8-11-5-20-23-16(11)13)18(26)12-6-19-7-14(27-3)10(12)2/h5-7,13H,4,8-9H2,1-3H3,(H,20,23)(H,21,22,24). The van der Waals surface area contributed by atoms with E-state index in [0.717, 1.165) is 29.1 Å². The number of amides is 1. The van der Waals surface area contributed by atoms with Crippen molar-refractivity contribution in [2.24, 2.45) is 0 Å². The Kier molecular flexibility index (Phi) is 4.35. The maximum Gasteiger partial charge on any atom is 0.256 e. The van der Waals surface area contributed by atoms with Gasteiger partial charge in [-0.2, -0.15) is 10.2 Å².